The molecule has 0 aliphatic heterocycles. The molecule has 0 bridgehead atoms. The van der Waals surface area contributed by atoms with Crippen molar-refractivity contribution >= 4 is 17.5 Å². The van der Waals surface area contributed by atoms with Crippen LogP contribution in [0.5, 0.6) is 0 Å². The predicted molar refractivity (Wildman–Crippen MR) is 114 cm³/mol. The molecule has 3 aromatic rings. The fraction of sp³-hybridized carbons (Fsp3) is 0.261. The largest absolute Gasteiger partial charge is 0.435 e. The van der Waals surface area contributed by atoms with Crippen LogP contribution in [0.2, 0.25) is 0 Å². The van der Waals surface area contributed by atoms with E-state index >= 15 is 0 Å². The molecule has 2 aromatic carbocycles. The van der Waals surface area contributed by atoms with Crippen molar-refractivity contribution < 1.29 is 22.8 Å². The average molecular weight is 444 g/mol. The minimum absolute atomic E-state index is 0.314. The zero-order valence-corrected chi connectivity index (χ0v) is 17.6. The molecule has 0 saturated heterocycles. The number of alkyl halides is 3. The maximum Gasteiger partial charge on any atom is 0.435 e. The summed E-state index contributed by atoms with van der Waals surface area (Å²) >= 11 is 0. The summed E-state index contributed by atoms with van der Waals surface area (Å²) in [7, 11) is 0. The molecule has 1 N–H and O–H groups in total. The first kappa shape index (κ1) is 23.1. The van der Waals surface area contributed by atoms with E-state index in [0.717, 1.165) is 10.7 Å². The molecule has 32 heavy (non-hydrogen) atoms. The van der Waals surface area contributed by atoms with Gasteiger partial charge in [-0.1, -0.05) is 25.1 Å². The van der Waals surface area contributed by atoms with Crippen molar-refractivity contribution in [2.24, 2.45) is 0 Å². The maximum absolute atomic E-state index is 13.1. The number of benzene rings is 2. The van der Waals surface area contributed by atoms with E-state index in [-0.39, 0.29) is 11.8 Å². The van der Waals surface area contributed by atoms with Gasteiger partial charge in [0.25, 0.3) is 5.91 Å². The number of carbonyl (C=O) groups is 2. The van der Waals surface area contributed by atoms with Gasteiger partial charge in [-0.2, -0.15) is 18.3 Å². The van der Waals surface area contributed by atoms with Gasteiger partial charge in [-0.15, -0.1) is 0 Å². The molecular weight excluding hydrogens is 421 g/mol. The Kier molecular flexibility index (Phi) is 6.97. The van der Waals surface area contributed by atoms with Crippen molar-refractivity contribution in [2.75, 3.05) is 11.9 Å². The molecule has 0 fully saturated rings. The van der Waals surface area contributed by atoms with Crippen LogP contribution in [0.3, 0.4) is 0 Å². The molecule has 0 saturated carbocycles. The SMILES string of the molecule is CCCN(C(=O)c1ccc(-n2ccc(C(F)(F)F)n2)cc1)C(C)C(=O)Nc1ccccc1. The van der Waals surface area contributed by atoms with Gasteiger partial charge in [0.1, 0.15) is 6.04 Å². The van der Waals surface area contributed by atoms with E-state index < -0.39 is 17.9 Å². The molecule has 1 unspecified atom stereocenters. The number of para-hydroxylation sites is 1. The number of hydrogen-bond acceptors (Lipinski definition) is 3. The molecule has 1 atom stereocenters. The van der Waals surface area contributed by atoms with E-state index in [0.29, 0.717) is 29.9 Å². The number of rotatable bonds is 7. The topological polar surface area (TPSA) is 67.2 Å². The Labute approximate surface area is 183 Å². The molecule has 1 heterocycles. The lowest BCUT2D eigenvalue weighted by Gasteiger charge is -2.28. The third kappa shape index (κ3) is 5.35. The van der Waals surface area contributed by atoms with Crippen LogP contribution in [-0.4, -0.2) is 39.1 Å². The van der Waals surface area contributed by atoms with Gasteiger partial charge < -0.3 is 10.2 Å². The smallest absolute Gasteiger partial charge is 0.327 e. The Balaban J connectivity index is 1.75. The molecule has 6 nitrogen and oxygen atoms in total. The Morgan fingerprint density at radius 3 is 2.28 bits per heavy atom. The van der Waals surface area contributed by atoms with E-state index in [1.165, 1.54) is 35.4 Å². The summed E-state index contributed by atoms with van der Waals surface area (Å²) in [6.45, 7) is 3.93. The fourth-order valence-electron chi connectivity index (χ4n) is 3.16. The van der Waals surface area contributed by atoms with Gasteiger partial charge in [-0.05, 0) is 55.8 Å². The molecular formula is C23H23F3N4O2. The lowest BCUT2D eigenvalue weighted by molar-refractivity contribution is -0.141. The number of hydrogen-bond donors (Lipinski definition) is 1. The molecule has 0 spiro atoms. The zero-order chi connectivity index (χ0) is 23.3. The van der Waals surface area contributed by atoms with Gasteiger partial charge in [0, 0.05) is 24.0 Å². The summed E-state index contributed by atoms with van der Waals surface area (Å²) in [5.74, 6) is -0.656. The highest BCUT2D eigenvalue weighted by atomic mass is 19.4. The Bertz CT molecular complexity index is 1060. The van der Waals surface area contributed by atoms with Crippen molar-refractivity contribution in [3.05, 3.63) is 78.1 Å². The average Bonchev–Trinajstić information content (AvgIpc) is 3.28. The highest BCUT2D eigenvalue weighted by Crippen LogP contribution is 2.28. The summed E-state index contributed by atoms with van der Waals surface area (Å²) in [5.41, 5.74) is 0.346. The molecule has 3 rings (SSSR count). The van der Waals surface area contributed by atoms with Crippen LogP contribution >= 0.6 is 0 Å². The first-order valence-electron chi connectivity index (χ1n) is 10.1. The standard InChI is InChI=1S/C23H23F3N4O2/c1-3-14-29(16(2)21(31)27-18-7-5-4-6-8-18)22(32)17-9-11-19(12-10-17)30-15-13-20(28-30)23(24,25)26/h4-13,15-16H,3,14H2,1-2H3,(H,27,31). The second-order valence-corrected chi connectivity index (χ2v) is 7.22. The van der Waals surface area contributed by atoms with Gasteiger partial charge >= 0.3 is 6.18 Å². The lowest BCUT2D eigenvalue weighted by atomic mass is 10.1. The summed E-state index contributed by atoms with van der Waals surface area (Å²) < 4.78 is 39.4. The Hall–Kier alpha value is -3.62. The number of aromatic nitrogens is 2. The number of nitrogens with one attached hydrogen (secondary N) is 1. The Morgan fingerprint density at radius 1 is 1.06 bits per heavy atom. The summed E-state index contributed by atoms with van der Waals surface area (Å²) in [6, 6.07) is 15.2. The van der Waals surface area contributed by atoms with E-state index in [1.807, 2.05) is 13.0 Å². The second-order valence-electron chi connectivity index (χ2n) is 7.22. The van der Waals surface area contributed by atoms with Gasteiger partial charge in [-0.25, -0.2) is 4.68 Å². The van der Waals surface area contributed by atoms with Crippen molar-refractivity contribution in [1.82, 2.24) is 14.7 Å². The second kappa shape index (κ2) is 9.67. The summed E-state index contributed by atoms with van der Waals surface area (Å²) in [5, 5.41) is 6.32. The van der Waals surface area contributed by atoms with Crippen molar-refractivity contribution in [3.8, 4) is 5.69 Å². The van der Waals surface area contributed by atoms with Crippen LogP contribution in [0, 0.1) is 0 Å². The quantitative estimate of drug-likeness (QED) is 0.571. The lowest BCUT2D eigenvalue weighted by Crippen LogP contribution is -2.46. The summed E-state index contributed by atoms with van der Waals surface area (Å²) in [6.07, 6.45) is -2.67. The van der Waals surface area contributed by atoms with Gasteiger partial charge in [-0.3, -0.25) is 9.59 Å². The number of halogens is 3. The van der Waals surface area contributed by atoms with Crippen LogP contribution in [0.25, 0.3) is 5.69 Å². The van der Waals surface area contributed by atoms with E-state index in [1.54, 1.807) is 31.2 Å². The fourth-order valence-corrected chi connectivity index (χ4v) is 3.16. The first-order valence-corrected chi connectivity index (χ1v) is 10.1. The Morgan fingerprint density at radius 2 is 1.72 bits per heavy atom. The monoisotopic (exact) mass is 444 g/mol. The predicted octanol–water partition coefficient (Wildman–Crippen LogP) is 4.77. The number of anilines is 1. The number of nitrogens with zero attached hydrogens (tertiary/aromatic N) is 3. The van der Waals surface area contributed by atoms with Crippen LogP contribution in [-0.2, 0) is 11.0 Å². The van der Waals surface area contributed by atoms with E-state index in [9.17, 15) is 22.8 Å². The normalized spacial score (nSPS) is 12.3. The van der Waals surface area contributed by atoms with Gasteiger partial charge in [0.05, 0.1) is 5.69 Å². The number of amides is 2. The van der Waals surface area contributed by atoms with Crippen LogP contribution in [0.4, 0.5) is 18.9 Å². The summed E-state index contributed by atoms with van der Waals surface area (Å²) in [4.78, 5) is 27.2. The van der Waals surface area contributed by atoms with Crippen LogP contribution < -0.4 is 5.32 Å². The molecule has 2 amide bonds. The molecule has 0 aliphatic carbocycles. The highest BCUT2D eigenvalue weighted by molar-refractivity contribution is 6.01. The van der Waals surface area contributed by atoms with Crippen molar-refractivity contribution in [2.45, 2.75) is 32.5 Å². The minimum atomic E-state index is -4.53. The maximum atomic E-state index is 13.1. The van der Waals surface area contributed by atoms with Gasteiger partial charge in [0.15, 0.2) is 5.69 Å². The zero-order valence-electron chi connectivity index (χ0n) is 17.6. The number of carbonyl (C=O) groups excluding carboxylic acids is 2. The van der Waals surface area contributed by atoms with Crippen molar-refractivity contribution in [3.63, 3.8) is 0 Å². The third-order valence-corrected chi connectivity index (χ3v) is 4.87. The van der Waals surface area contributed by atoms with E-state index in [4.69, 9.17) is 0 Å². The third-order valence-electron chi connectivity index (χ3n) is 4.87. The van der Waals surface area contributed by atoms with Crippen LogP contribution in [0.1, 0.15) is 36.3 Å². The molecule has 168 valence electrons. The van der Waals surface area contributed by atoms with Gasteiger partial charge in [0.2, 0.25) is 5.91 Å². The molecule has 1 aromatic heterocycles. The van der Waals surface area contributed by atoms with Crippen molar-refractivity contribution in [1.29, 1.82) is 0 Å². The molecule has 0 aliphatic rings. The molecule has 0 radical (unpaired) electrons. The highest BCUT2D eigenvalue weighted by Gasteiger charge is 2.33. The van der Waals surface area contributed by atoms with E-state index in [2.05, 4.69) is 10.4 Å². The first-order chi connectivity index (χ1) is 15.2. The minimum Gasteiger partial charge on any atom is -0.327 e. The van der Waals surface area contributed by atoms with Crippen LogP contribution in [0.15, 0.2) is 66.9 Å². The molecule has 9 heteroatoms.